The maximum Gasteiger partial charge on any atom is 0.314 e. The van der Waals surface area contributed by atoms with Crippen LogP contribution in [0.15, 0.2) is 0 Å². The zero-order valence-electron chi connectivity index (χ0n) is 12.4. The second-order valence-corrected chi connectivity index (χ2v) is 5.31. The molecule has 1 aliphatic rings. The van der Waals surface area contributed by atoms with Crippen molar-refractivity contribution < 1.29 is 24.2 Å². The normalized spacial score (nSPS) is 16.8. The molecule has 21 heavy (non-hydrogen) atoms. The number of carboxylic acid groups (broad SMARTS) is 1. The largest absolute Gasteiger partial charge is 0.481 e. The summed E-state index contributed by atoms with van der Waals surface area (Å²) in [6.45, 7) is 2.32. The van der Waals surface area contributed by atoms with E-state index in [1.807, 2.05) is 0 Å². The smallest absolute Gasteiger partial charge is 0.314 e. The first-order valence-corrected chi connectivity index (χ1v) is 7.41. The summed E-state index contributed by atoms with van der Waals surface area (Å²) in [7, 11) is 0. The molecule has 1 aliphatic carbocycles. The summed E-state index contributed by atoms with van der Waals surface area (Å²) in [4.78, 5) is 34.2. The minimum absolute atomic E-state index is 0.103. The van der Waals surface area contributed by atoms with Gasteiger partial charge in [-0.1, -0.05) is 19.3 Å². The molecule has 0 saturated heterocycles. The molecule has 0 aromatic rings. The summed E-state index contributed by atoms with van der Waals surface area (Å²) in [5, 5.41) is 14.5. The maximum absolute atomic E-state index is 11.6. The Morgan fingerprint density at radius 1 is 1.14 bits per heavy atom. The molecule has 0 aromatic carbocycles. The van der Waals surface area contributed by atoms with Gasteiger partial charge in [0.05, 0.1) is 18.4 Å². The molecule has 120 valence electrons. The Morgan fingerprint density at radius 2 is 1.81 bits per heavy atom. The van der Waals surface area contributed by atoms with E-state index in [1.54, 1.807) is 6.92 Å². The molecule has 3 N–H and O–H groups in total. The molecule has 0 unspecified atom stereocenters. The Hall–Kier alpha value is -1.79. The fourth-order valence-electron chi connectivity index (χ4n) is 2.52. The number of carbonyl (C=O) groups excluding carboxylic acids is 2. The van der Waals surface area contributed by atoms with Crippen LogP contribution in [0.25, 0.3) is 0 Å². The SMILES string of the molecule is CCOC(=O)CCNC(=O)NCC1(C(=O)O)CCCCC1. The highest BCUT2D eigenvalue weighted by Crippen LogP contribution is 2.35. The van der Waals surface area contributed by atoms with Crippen LogP contribution in [0.4, 0.5) is 4.79 Å². The molecule has 0 spiro atoms. The van der Waals surface area contributed by atoms with Gasteiger partial charge in [0.15, 0.2) is 0 Å². The van der Waals surface area contributed by atoms with Gasteiger partial charge >= 0.3 is 18.0 Å². The lowest BCUT2D eigenvalue weighted by molar-refractivity contribution is -0.150. The van der Waals surface area contributed by atoms with Crippen molar-refractivity contribution in [3.05, 3.63) is 0 Å². The van der Waals surface area contributed by atoms with Gasteiger partial charge in [-0.2, -0.15) is 0 Å². The van der Waals surface area contributed by atoms with Crippen LogP contribution >= 0.6 is 0 Å². The molecule has 0 bridgehead atoms. The van der Waals surface area contributed by atoms with Gasteiger partial charge < -0.3 is 20.5 Å². The second-order valence-electron chi connectivity index (χ2n) is 5.31. The highest BCUT2D eigenvalue weighted by molar-refractivity contribution is 5.78. The third-order valence-corrected chi connectivity index (χ3v) is 3.77. The first kappa shape index (κ1) is 17.3. The van der Waals surface area contributed by atoms with Crippen LogP contribution in [-0.4, -0.2) is 42.8 Å². The fourth-order valence-corrected chi connectivity index (χ4v) is 2.52. The third-order valence-electron chi connectivity index (χ3n) is 3.77. The lowest BCUT2D eigenvalue weighted by Crippen LogP contribution is -2.47. The molecule has 0 aliphatic heterocycles. The van der Waals surface area contributed by atoms with Crippen LogP contribution in [-0.2, 0) is 14.3 Å². The van der Waals surface area contributed by atoms with Gasteiger partial charge in [0.25, 0.3) is 0 Å². The first-order chi connectivity index (χ1) is 10.00. The summed E-state index contributed by atoms with van der Waals surface area (Å²) in [6, 6.07) is -0.453. The fraction of sp³-hybridized carbons (Fsp3) is 0.786. The Labute approximate surface area is 124 Å². The summed E-state index contributed by atoms with van der Waals surface area (Å²) in [5.41, 5.74) is -0.850. The van der Waals surface area contributed by atoms with Gasteiger partial charge in [-0.15, -0.1) is 0 Å². The van der Waals surface area contributed by atoms with E-state index in [1.165, 1.54) is 0 Å². The number of amides is 2. The maximum atomic E-state index is 11.6. The molecule has 7 heteroatoms. The van der Waals surface area contributed by atoms with Crippen LogP contribution in [0.1, 0.15) is 45.4 Å². The van der Waals surface area contributed by atoms with E-state index in [0.717, 1.165) is 19.3 Å². The molecule has 0 atom stereocenters. The predicted octanol–water partition coefficient (Wildman–Crippen LogP) is 1.27. The summed E-state index contributed by atoms with van der Waals surface area (Å²) in [6.07, 6.45) is 4.07. The number of esters is 1. The van der Waals surface area contributed by atoms with E-state index < -0.39 is 17.4 Å². The van der Waals surface area contributed by atoms with E-state index in [0.29, 0.717) is 19.4 Å². The van der Waals surface area contributed by atoms with Gasteiger partial charge in [-0.25, -0.2) is 4.79 Å². The van der Waals surface area contributed by atoms with Crippen molar-refractivity contribution in [1.82, 2.24) is 10.6 Å². The van der Waals surface area contributed by atoms with E-state index in [9.17, 15) is 19.5 Å². The Morgan fingerprint density at radius 3 is 2.38 bits per heavy atom. The molecule has 2 amide bonds. The molecule has 0 aromatic heterocycles. The standard InChI is InChI=1S/C14H24N2O5/c1-2-21-11(17)6-9-15-13(20)16-10-14(12(18)19)7-4-3-5-8-14/h2-10H2,1H3,(H,18,19)(H2,15,16,20). The van der Waals surface area contributed by atoms with Crippen molar-refractivity contribution in [1.29, 1.82) is 0 Å². The van der Waals surface area contributed by atoms with Crippen LogP contribution in [0, 0.1) is 5.41 Å². The quantitative estimate of drug-likeness (QED) is 0.614. The van der Waals surface area contributed by atoms with Gasteiger partial charge in [0, 0.05) is 13.1 Å². The summed E-state index contributed by atoms with van der Waals surface area (Å²) in [5.74, 6) is -1.22. The number of carboxylic acids is 1. The number of ether oxygens (including phenoxy) is 1. The van der Waals surface area contributed by atoms with E-state index in [4.69, 9.17) is 4.74 Å². The molecule has 1 fully saturated rings. The third kappa shape index (κ3) is 5.61. The Bertz CT molecular complexity index is 378. The van der Waals surface area contributed by atoms with Crippen molar-refractivity contribution in [3.63, 3.8) is 0 Å². The molecular formula is C14H24N2O5. The number of urea groups is 1. The Kier molecular flexibility index (Phi) is 6.98. The average Bonchev–Trinajstić information content (AvgIpc) is 2.46. The van der Waals surface area contributed by atoms with Crippen LogP contribution < -0.4 is 10.6 Å². The molecule has 7 nitrogen and oxygen atoms in total. The van der Waals surface area contributed by atoms with Crippen LogP contribution in [0.2, 0.25) is 0 Å². The zero-order valence-corrected chi connectivity index (χ0v) is 12.4. The van der Waals surface area contributed by atoms with Gasteiger partial charge in [-0.3, -0.25) is 9.59 Å². The van der Waals surface area contributed by atoms with Crippen molar-refractivity contribution in [2.24, 2.45) is 5.41 Å². The second kappa shape index (κ2) is 8.49. The van der Waals surface area contributed by atoms with Gasteiger partial charge in [-0.05, 0) is 19.8 Å². The highest BCUT2D eigenvalue weighted by atomic mass is 16.5. The van der Waals surface area contributed by atoms with Crippen molar-refractivity contribution in [2.75, 3.05) is 19.7 Å². The topological polar surface area (TPSA) is 105 Å². The lowest BCUT2D eigenvalue weighted by Gasteiger charge is -2.33. The number of hydrogen-bond acceptors (Lipinski definition) is 4. The Balaban J connectivity index is 2.30. The number of nitrogens with one attached hydrogen (secondary N) is 2. The number of carbonyl (C=O) groups is 3. The lowest BCUT2D eigenvalue weighted by atomic mass is 9.74. The van der Waals surface area contributed by atoms with Crippen LogP contribution in [0.3, 0.4) is 0 Å². The molecule has 0 radical (unpaired) electrons. The molecular weight excluding hydrogens is 276 g/mol. The number of hydrogen-bond donors (Lipinski definition) is 3. The van der Waals surface area contributed by atoms with Crippen molar-refractivity contribution in [2.45, 2.75) is 45.4 Å². The monoisotopic (exact) mass is 300 g/mol. The van der Waals surface area contributed by atoms with Crippen molar-refractivity contribution in [3.8, 4) is 0 Å². The highest BCUT2D eigenvalue weighted by Gasteiger charge is 2.39. The van der Waals surface area contributed by atoms with Crippen molar-refractivity contribution >= 4 is 18.0 Å². The zero-order chi connectivity index (χ0) is 15.7. The van der Waals surface area contributed by atoms with Crippen LogP contribution in [0.5, 0.6) is 0 Å². The van der Waals surface area contributed by atoms with E-state index >= 15 is 0 Å². The van der Waals surface area contributed by atoms with Gasteiger partial charge in [0.1, 0.15) is 0 Å². The summed E-state index contributed by atoms with van der Waals surface area (Å²) < 4.78 is 4.74. The number of rotatable bonds is 7. The minimum atomic E-state index is -0.853. The predicted molar refractivity (Wildman–Crippen MR) is 75.8 cm³/mol. The minimum Gasteiger partial charge on any atom is -0.481 e. The van der Waals surface area contributed by atoms with E-state index in [2.05, 4.69) is 10.6 Å². The molecule has 0 heterocycles. The molecule has 1 saturated carbocycles. The van der Waals surface area contributed by atoms with Gasteiger partial charge in [0.2, 0.25) is 0 Å². The summed E-state index contributed by atoms with van der Waals surface area (Å²) >= 11 is 0. The first-order valence-electron chi connectivity index (χ1n) is 7.41. The van der Waals surface area contributed by atoms with E-state index in [-0.39, 0.29) is 25.5 Å². The average molecular weight is 300 g/mol. The molecule has 1 rings (SSSR count). The number of aliphatic carboxylic acids is 1.